The first-order valence-electron chi connectivity index (χ1n) is 8.73. The largest absolute Gasteiger partial charge is 0.452 e. The fraction of sp³-hybridized carbons (Fsp3) is 0.143. The molecule has 0 atom stereocenters. The van der Waals surface area contributed by atoms with Gasteiger partial charge in [-0.05, 0) is 67.4 Å². The van der Waals surface area contributed by atoms with Crippen LogP contribution in [0.15, 0.2) is 48.5 Å². The number of hydrogen-bond donors (Lipinski definition) is 2. The number of anilines is 1. The maximum Gasteiger partial charge on any atom is 0.338 e. The molecule has 0 saturated heterocycles. The van der Waals surface area contributed by atoms with Crippen LogP contribution in [0.1, 0.15) is 21.5 Å². The Morgan fingerprint density at radius 3 is 2.55 bits per heavy atom. The minimum absolute atomic E-state index is 0.258. The molecule has 3 rings (SSSR count). The van der Waals surface area contributed by atoms with Crippen LogP contribution < -0.4 is 10.6 Å². The highest BCUT2D eigenvalue weighted by molar-refractivity contribution is 6.29. The lowest BCUT2D eigenvalue weighted by molar-refractivity contribution is -0.123. The molecule has 1 heterocycles. The quantitative estimate of drug-likeness (QED) is 0.499. The number of carbonyl (C=O) groups is 3. The number of imide groups is 1. The topological polar surface area (TPSA) is 97.4 Å². The predicted octanol–water partition coefficient (Wildman–Crippen LogP) is 4.01. The molecule has 7 nitrogen and oxygen atoms in total. The molecule has 0 spiro atoms. The molecule has 148 valence electrons. The molecule has 3 amide bonds. The van der Waals surface area contributed by atoms with Gasteiger partial charge in [-0.2, -0.15) is 0 Å². The van der Waals surface area contributed by atoms with E-state index in [1.54, 1.807) is 36.4 Å². The number of ether oxygens (including phenoxy) is 1. The van der Waals surface area contributed by atoms with Crippen LogP contribution in [0.2, 0.25) is 5.15 Å². The van der Waals surface area contributed by atoms with Gasteiger partial charge < -0.3 is 10.1 Å². The first kappa shape index (κ1) is 20.3. The maximum atomic E-state index is 12.2. The van der Waals surface area contributed by atoms with Gasteiger partial charge in [-0.25, -0.2) is 14.6 Å². The van der Waals surface area contributed by atoms with Crippen molar-refractivity contribution in [1.82, 2.24) is 10.3 Å². The normalized spacial score (nSPS) is 10.4. The van der Waals surface area contributed by atoms with Gasteiger partial charge in [-0.3, -0.25) is 10.1 Å². The van der Waals surface area contributed by atoms with Crippen molar-refractivity contribution in [3.05, 3.63) is 70.4 Å². The van der Waals surface area contributed by atoms with Crippen LogP contribution in [0.4, 0.5) is 10.5 Å². The molecule has 2 aromatic carbocycles. The highest BCUT2D eigenvalue weighted by atomic mass is 35.5. The number of halogens is 1. The zero-order valence-electron chi connectivity index (χ0n) is 15.8. The van der Waals surface area contributed by atoms with Gasteiger partial charge in [0.15, 0.2) is 6.61 Å². The second-order valence-corrected chi connectivity index (χ2v) is 6.81. The van der Waals surface area contributed by atoms with Crippen molar-refractivity contribution >= 4 is 46.1 Å². The molecule has 29 heavy (non-hydrogen) atoms. The minimum atomic E-state index is -0.742. The molecule has 0 radical (unpaired) electrons. The molecule has 0 fully saturated rings. The van der Waals surface area contributed by atoms with E-state index in [1.807, 2.05) is 19.9 Å². The summed E-state index contributed by atoms with van der Waals surface area (Å²) in [4.78, 5) is 40.1. The van der Waals surface area contributed by atoms with E-state index in [0.29, 0.717) is 21.7 Å². The second kappa shape index (κ2) is 8.70. The third kappa shape index (κ3) is 5.30. The van der Waals surface area contributed by atoms with Crippen molar-refractivity contribution in [2.45, 2.75) is 13.8 Å². The van der Waals surface area contributed by atoms with Crippen LogP contribution >= 0.6 is 11.6 Å². The summed E-state index contributed by atoms with van der Waals surface area (Å²) in [5.41, 5.74) is 3.55. The van der Waals surface area contributed by atoms with E-state index in [4.69, 9.17) is 16.3 Å². The Hall–Kier alpha value is -3.45. The Kier molecular flexibility index (Phi) is 6.09. The number of benzene rings is 2. The zero-order chi connectivity index (χ0) is 21.0. The lowest BCUT2D eigenvalue weighted by Gasteiger charge is -2.09. The summed E-state index contributed by atoms with van der Waals surface area (Å²) < 4.78 is 4.97. The van der Waals surface area contributed by atoms with Crippen molar-refractivity contribution in [3.63, 3.8) is 0 Å². The van der Waals surface area contributed by atoms with Crippen molar-refractivity contribution < 1.29 is 19.1 Å². The summed E-state index contributed by atoms with van der Waals surface area (Å²) in [6.45, 7) is 3.29. The second-order valence-electron chi connectivity index (χ2n) is 6.42. The van der Waals surface area contributed by atoms with Crippen molar-refractivity contribution in [3.8, 4) is 0 Å². The van der Waals surface area contributed by atoms with E-state index >= 15 is 0 Å². The molecular formula is C21H18ClN3O4. The number of aromatic nitrogens is 1. The van der Waals surface area contributed by atoms with Crippen LogP contribution in [-0.4, -0.2) is 29.5 Å². The Morgan fingerprint density at radius 2 is 1.79 bits per heavy atom. The Bertz CT molecular complexity index is 1110. The number of amides is 3. The minimum Gasteiger partial charge on any atom is -0.452 e. The van der Waals surface area contributed by atoms with E-state index in [1.165, 1.54) is 6.07 Å². The summed E-state index contributed by atoms with van der Waals surface area (Å²) in [7, 11) is 0. The smallest absolute Gasteiger partial charge is 0.338 e. The van der Waals surface area contributed by atoms with E-state index < -0.39 is 24.5 Å². The van der Waals surface area contributed by atoms with Gasteiger partial charge in [-0.15, -0.1) is 0 Å². The van der Waals surface area contributed by atoms with Gasteiger partial charge in [0.05, 0.1) is 11.1 Å². The number of nitrogens with one attached hydrogen (secondary N) is 2. The molecular weight excluding hydrogens is 394 g/mol. The van der Waals surface area contributed by atoms with Crippen molar-refractivity contribution in [2.24, 2.45) is 0 Å². The standard InChI is InChI=1S/C21H18ClN3O4/c1-12-3-6-16(9-13(12)2)23-21(28)25-19(26)11-29-20(27)15-4-7-17-14(10-15)5-8-18(22)24-17/h3-10H,11H2,1-2H3,(H2,23,25,26,28). The molecule has 0 bridgehead atoms. The monoisotopic (exact) mass is 411 g/mol. The molecule has 1 aromatic heterocycles. The maximum absolute atomic E-state index is 12.2. The van der Waals surface area contributed by atoms with E-state index in [-0.39, 0.29) is 5.56 Å². The van der Waals surface area contributed by atoms with E-state index in [0.717, 1.165) is 11.1 Å². The lowest BCUT2D eigenvalue weighted by atomic mass is 10.1. The number of urea groups is 1. The first-order chi connectivity index (χ1) is 13.8. The Balaban J connectivity index is 1.53. The number of fused-ring (bicyclic) bond motifs is 1. The van der Waals surface area contributed by atoms with E-state index in [9.17, 15) is 14.4 Å². The van der Waals surface area contributed by atoms with Crippen LogP contribution in [0.5, 0.6) is 0 Å². The number of aryl methyl sites for hydroxylation is 2. The summed E-state index contributed by atoms with van der Waals surface area (Å²) in [6.07, 6.45) is 0. The van der Waals surface area contributed by atoms with E-state index in [2.05, 4.69) is 15.6 Å². The zero-order valence-corrected chi connectivity index (χ0v) is 16.5. The van der Waals surface area contributed by atoms with Crippen LogP contribution in [0.25, 0.3) is 10.9 Å². The van der Waals surface area contributed by atoms with Gasteiger partial charge in [-0.1, -0.05) is 17.7 Å². The van der Waals surface area contributed by atoms with Crippen LogP contribution in [-0.2, 0) is 9.53 Å². The average Bonchev–Trinajstić information content (AvgIpc) is 2.68. The fourth-order valence-corrected chi connectivity index (χ4v) is 2.74. The highest BCUT2D eigenvalue weighted by Gasteiger charge is 2.13. The Labute approximate surface area is 172 Å². The van der Waals surface area contributed by atoms with Crippen LogP contribution in [0.3, 0.4) is 0 Å². The molecule has 3 aromatic rings. The van der Waals surface area contributed by atoms with Crippen molar-refractivity contribution in [2.75, 3.05) is 11.9 Å². The molecule has 0 unspecified atom stereocenters. The third-order valence-electron chi connectivity index (χ3n) is 4.24. The van der Waals surface area contributed by atoms with Crippen LogP contribution in [0, 0.1) is 13.8 Å². The number of carbonyl (C=O) groups excluding carboxylic acids is 3. The number of pyridine rings is 1. The molecule has 0 aliphatic rings. The summed E-state index contributed by atoms with van der Waals surface area (Å²) in [5.74, 6) is -1.43. The lowest BCUT2D eigenvalue weighted by Crippen LogP contribution is -2.37. The van der Waals surface area contributed by atoms with Crippen molar-refractivity contribution in [1.29, 1.82) is 0 Å². The summed E-state index contributed by atoms with van der Waals surface area (Å²) in [5, 5.41) is 5.73. The molecule has 0 aliphatic carbocycles. The molecule has 2 N–H and O–H groups in total. The summed E-state index contributed by atoms with van der Waals surface area (Å²) in [6, 6.07) is 12.8. The predicted molar refractivity (Wildman–Crippen MR) is 110 cm³/mol. The Morgan fingerprint density at radius 1 is 1.00 bits per heavy atom. The first-order valence-corrected chi connectivity index (χ1v) is 9.11. The van der Waals surface area contributed by atoms with Gasteiger partial charge in [0, 0.05) is 11.1 Å². The third-order valence-corrected chi connectivity index (χ3v) is 4.45. The molecule has 0 saturated carbocycles. The highest BCUT2D eigenvalue weighted by Crippen LogP contribution is 2.17. The van der Waals surface area contributed by atoms with Gasteiger partial charge in [0.1, 0.15) is 5.15 Å². The SMILES string of the molecule is Cc1ccc(NC(=O)NC(=O)COC(=O)c2ccc3nc(Cl)ccc3c2)cc1C. The van der Waals surface area contributed by atoms with Gasteiger partial charge in [0.2, 0.25) is 0 Å². The average molecular weight is 412 g/mol. The molecule has 0 aliphatic heterocycles. The number of hydrogen-bond acceptors (Lipinski definition) is 5. The summed E-state index contributed by atoms with van der Waals surface area (Å²) >= 11 is 5.83. The number of esters is 1. The number of rotatable bonds is 4. The molecule has 8 heteroatoms. The van der Waals surface area contributed by atoms with Gasteiger partial charge in [0.25, 0.3) is 5.91 Å². The fourth-order valence-electron chi connectivity index (χ4n) is 2.59. The van der Waals surface area contributed by atoms with Gasteiger partial charge >= 0.3 is 12.0 Å². The number of nitrogens with zero attached hydrogens (tertiary/aromatic N) is 1.